The summed E-state index contributed by atoms with van der Waals surface area (Å²) in [5.74, 6) is 1.63. The van der Waals surface area contributed by atoms with Crippen molar-refractivity contribution in [1.82, 2.24) is 15.0 Å². The number of pyridine rings is 1. The predicted molar refractivity (Wildman–Crippen MR) is 85.5 cm³/mol. The van der Waals surface area contributed by atoms with E-state index >= 15 is 0 Å². The summed E-state index contributed by atoms with van der Waals surface area (Å²) < 4.78 is 0. The van der Waals surface area contributed by atoms with Gasteiger partial charge in [-0.25, -0.2) is 9.97 Å². The first kappa shape index (κ1) is 13.3. The molecule has 5 nitrogen and oxygen atoms in total. The maximum absolute atomic E-state index is 4.47. The van der Waals surface area contributed by atoms with Crippen molar-refractivity contribution >= 4 is 22.5 Å². The summed E-state index contributed by atoms with van der Waals surface area (Å²) >= 11 is 0. The highest BCUT2D eigenvalue weighted by Gasteiger charge is 2.02. The third kappa shape index (κ3) is 3.08. The number of nitrogens with one attached hydrogen (secondary N) is 2. The Kier molecular flexibility index (Phi) is 3.91. The SMILES string of the molecule is CNc1cc(NCCc2cccc3cccnc23)ncn1. The monoisotopic (exact) mass is 279 g/mol. The molecule has 1 aromatic carbocycles. The first-order valence-corrected chi connectivity index (χ1v) is 6.93. The Morgan fingerprint density at radius 3 is 2.76 bits per heavy atom. The zero-order valence-corrected chi connectivity index (χ0v) is 11.9. The summed E-state index contributed by atoms with van der Waals surface area (Å²) in [4.78, 5) is 12.8. The standard InChI is InChI=1S/C16H17N5/c1-17-14-10-15(21-11-20-14)18-9-7-13-5-2-4-12-6-3-8-19-16(12)13/h2-6,8,10-11H,7,9H2,1H3,(H2,17,18,20,21). The van der Waals surface area contributed by atoms with Gasteiger partial charge in [0.25, 0.3) is 0 Å². The molecule has 0 aliphatic carbocycles. The molecule has 0 saturated heterocycles. The van der Waals surface area contributed by atoms with Gasteiger partial charge in [0.1, 0.15) is 18.0 Å². The molecule has 21 heavy (non-hydrogen) atoms. The molecule has 2 aromatic heterocycles. The highest BCUT2D eigenvalue weighted by molar-refractivity contribution is 5.81. The van der Waals surface area contributed by atoms with E-state index in [1.165, 1.54) is 10.9 Å². The van der Waals surface area contributed by atoms with E-state index in [9.17, 15) is 0 Å². The lowest BCUT2D eigenvalue weighted by Crippen LogP contribution is -2.07. The van der Waals surface area contributed by atoms with Crippen LogP contribution in [0, 0.1) is 0 Å². The van der Waals surface area contributed by atoms with E-state index in [0.29, 0.717) is 0 Å². The zero-order chi connectivity index (χ0) is 14.5. The van der Waals surface area contributed by atoms with E-state index in [1.807, 2.05) is 25.4 Å². The van der Waals surface area contributed by atoms with Gasteiger partial charge in [0.2, 0.25) is 0 Å². The van der Waals surface area contributed by atoms with Gasteiger partial charge in [0.15, 0.2) is 0 Å². The molecule has 0 amide bonds. The van der Waals surface area contributed by atoms with Gasteiger partial charge in [-0.3, -0.25) is 4.98 Å². The van der Waals surface area contributed by atoms with E-state index in [4.69, 9.17) is 0 Å². The highest BCUT2D eigenvalue weighted by Crippen LogP contribution is 2.16. The van der Waals surface area contributed by atoms with Crippen LogP contribution in [0.3, 0.4) is 0 Å². The lowest BCUT2D eigenvalue weighted by molar-refractivity contribution is 1.00. The van der Waals surface area contributed by atoms with Gasteiger partial charge in [-0.2, -0.15) is 0 Å². The Morgan fingerprint density at radius 2 is 1.86 bits per heavy atom. The fraction of sp³-hybridized carbons (Fsp3) is 0.188. The minimum atomic E-state index is 0.801. The molecule has 0 aliphatic heterocycles. The van der Waals surface area contributed by atoms with Crippen LogP contribution in [0.15, 0.2) is 48.9 Å². The van der Waals surface area contributed by atoms with Crippen molar-refractivity contribution in [2.24, 2.45) is 0 Å². The second kappa shape index (κ2) is 6.17. The van der Waals surface area contributed by atoms with Crippen LogP contribution in [-0.2, 0) is 6.42 Å². The van der Waals surface area contributed by atoms with Crippen LogP contribution in [0.25, 0.3) is 10.9 Å². The topological polar surface area (TPSA) is 62.7 Å². The van der Waals surface area contributed by atoms with E-state index < -0.39 is 0 Å². The van der Waals surface area contributed by atoms with Crippen molar-refractivity contribution in [3.8, 4) is 0 Å². The fourth-order valence-corrected chi connectivity index (χ4v) is 2.29. The van der Waals surface area contributed by atoms with Gasteiger partial charge < -0.3 is 10.6 Å². The Morgan fingerprint density at radius 1 is 1.00 bits per heavy atom. The molecule has 0 atom stereocenters. The summed E-state index contributed by atoms with van der Waals surface area (Å²) in [6.07, 6.45) is 4.28. The number of fused-ring (bicyclic) bond motifs is 1. The number of benzene rings is 1. The Labute approximate surface area is 123 Å². The summed E-state index contributed by atoms with van der Waals surface area (Å²) in [6.45, 7) is 0.801. The number of para-hydroxylation sites is 1. The maximum Gasteiger partial charge on any atom is 0.131 e. The molecule has 3 aromatic rings. The van der Waals surface area contributed by atoms with Gasteiger partial charge in [-0.1, -0.05) is 24.3 Å². The number of hydrogen-bond donors (Lipinski definition) is 2. The van der Waals surface area contributed by atoms with Crippen molar-refractivity contribution in [2.45, 2.75) is 6.42 Å². The van der Waals surface area contributed by atoms with Crippen LogP contribution >= 0.6 is 0 Å². The molecule has 0 saturated carbocycles. The Balaban J connectivity index is 1.69. The fourth-order valence-electron chi connectivity index (χ4n) is 2.29. The normalized spacial score (nSPS) is 10.5. The second-order valence-corrected chi connectivity index (χ2v) is 4.71. The number of anilines is 2. The van der Waals surface area contributed by atoms with Crippen LogP contribution in [-0.4, -0.2) is 28.5 Å². The first-order valence-electron chi connectivity index (χ1n) is 6.93. The molecule has 2 N–H and O–H groups in total. The molecular weight excluding hydrogens is 262 g/mol. The molecule has 5 heteroatoms. The average molecular weight is 279 g/mol. The van der Waals surface area contributed by atoms with E-state index in [0.717, 1.165) is 30.1 Å². The maximum atomic E-state index is 4.47. The minimum Gasteiger partial charge on any atom is -0.373 e. The predicted octanol–water partition coefficient (Wildman–Crippen LogP) is 2.72. The van der Waals surface area contributed by atoms with Gasteiger partial charge >= 0.3 is 0 Å². The molecule has 0 bridgehead atoms. The summed E-state index contributed by atoms with van der Waals surface area (Å²) in [7, 11) is 1.84. The van der Waals surface area contributed by atoms with Crippen LogP contribution in [0.1, 0.15) is 5.56 Å². The molecule has 0 radical (unpaired) electrons. The number of nitrogens with zero attached hydrogens (tertiary/aromatic N) is 3. The molecule has 0 aliphatic rings. The molecule has 106 valence electrons. The number of rotatable bonds is 5. The molecule has 0 spiro atoms. The molecule has 3 rings (SSSR count). The van der Waals surface area contributed by atoms with E-state index in [2.05, 4.69) is 49.9 Å². The quantitative estimate of drug-likeness (QED) is 0.752. The zero-order valence-electron chi connectivity index (χ0n) is 11.9. The third-order valence-corrected chi connectivity index (χ3v) is 3.34. The molecular formula is C16H17N5. The third-order valence-electron chi connectivity index (χ3n) is 3.34. The van der Waals surface area contributed by atoms with Gasteiger partial charge in [0.05, 0.1) is 5.52 Å². The lowest BCUT2D eigenvalue weighted by atomic mass is 10.1. The summed E-state index contributed by atoms with van der Waals surface area (Å²) in [5, 5.41) is 7.49. The Hall–Kier alpha value is -2.69. The molecule has 2 heterocycles. The van der Waals surface area contributed by atoms with E-state index in [-0.39, 0.29) is 0 Å². The van der Waals surface area contributed by atoms with Crippen molar-refractivity contribution in [3.05, 3.63) is 54.5 Å². The van der Waals surface area contributed by atoms with Crippen LogP contribution in [0.5, 0.6) is 0 Å². The van der Waals surface area contributed by atoms with Gasteiger partial charge in [-0.15, -0.1) is 0 Å². The average Bonchev–Trinajstić information content (AvgIpc) is 2.55. The highest BCUT2D eigenvalue weighted by atomic mass is 15.0. The first-order chi connectivity index (χ1) is 10.4. The van der Waals surface area contributed by atoms with Crippen LogP contribution < -0.4 is 10.6 Å². The van der Waals surface area contributed by atoms with Crippen LogP contribution in [0.2, 0.25) is 0 Å². The summed E-state index contributed by atoms with van der Waals surface area (Å²) in [5.41, 5.74) is 2.31. The molecule has 0 unspecified atom stereocenters. The summed E-state index contributed by atoms with van der Waals surface area (Å²) in [6, 6.07) is 12.2. The van der Waals surface area contributed by atoms with Crippen molar-refractivity contribution in [3.63, 3.8) is 0 Å². The van der Waals surface area contributed by atoms with Crippen molar-refractivity contribution in [1.29, 1.82) is 0 Å². The van der Waals surface area contributed by atoms with E-state index in [1.54, 1.807) is 6.33 Å². The van der Waals surface area contributed by atoms with Gasteiger partial charge in [-0.05, 0) is 18.1 Å². The number of aromatic nitrogens is 3. The van der Waals surface area contributed by atoms with Crippen molar-refractivity contribution in [2.75, 3.05) is 24.2 Å². The number of hydrogen-bond acceptors (Lipinski definition) is 5. The van der Waals surface area contributed by atoms with Crippen molar-refractivity contribution < 1.29 is 0 Å². The Bertz CT molecular complexity index is 736. The largest absolute Gasteiger partial charge is 0.373 e. The lowest BCUT2D eigenvalue weighted by Gasteiger charge is -2.08. The second-order valence-electron chi connectivity index (χ2n) is 4.71. The van der Waals surface area contributed by atoms with Gasteiger partial charge in [0, 0.05) is 31.2 Å². The smallest absolute Gasteiger partial charge is 0.131 e. The van der Waals surface area contributed by atoms with Crippen LogP contribution in [0.4, 0.5) is 11.6 Å². The molecule has 0 fully saturated rings. The minimum absolute atomic E-state index is 0.801.